The van der Waals surface area contributed by atoms with Gasteiger partial charge in [0, 0.05) is 26.1 Å². The Bertz CT molecular complexity index is 839. The summed E-state index contributed by atoms with van der Waals surface area (Å²) in [6.07, 6.45) is 4.46. The maximum atomic E-state index is 13.6. The number of ether oxygens (including phenoxy) is 2. The molecule has 0 N–H and O–H groups in total. The zero-order valence-electron chi connectivity index (χ0n) is 19.4. The van der Waals surface area contributed by atoms with Gasteiger partial charge < -0.3 is 9.47 Å². The lowest BCUT2D eigenvalue weighted by atomic mass is 9.67. The van der Waals surface area contributed by atoms with Gasteiger partial charge in [-0.15, -0.1) is 0 Å². The van der Waals surface area contributed by atoms with E-state index in [0.29, 0.717) is 37.4 Å². The van der Waals surface area contributed by atoms with Gasteiger partial charge in [-0.3, -0.25) is 9.59 Å². The molecule has 4 heteroatoms. The third-order valence-corrected chi connectivity index (χ3v) is 6.47. The van der Waals surface area contributed by atoms with Crippen molar-refractivity contribution < 1.29 is 19.1 Å². The lowest BCUT2D eigenvalue weighted by Gasteiger charge is -2.41. The standard InChI is InChI=1S/C26H36O4/c1-7-18-13-17(3)14-19(8-2)22(18)23-20(27)15-26(9-11-29-12-10-26)16-21(23)30-24(28)25(4,5)6/h13-14H,7-12,15-16H2,1-6H3. The highest BCUT2D eigenvalue weighted by atomic mass is 16.5. The fraction of sp³-hybridized carbons (Fsp3) is 0.615. The highest BCUT2D eigenvalue weighted by Gasteiger charge is 2.44. The van der Waals surface area contributed by atoms with Gasteiger partial charge in [0.1, 0.15) is 5.76 Å². The van der Waals surface area contributed by atoms with Crippen molar-refractivity contribution in [2.45, 2.75) is 80.1 Å². The van der Waals surface area contributed by atoms with Crippen LogP contribution < -0.4 is 0 Å². The second-order valence-electron chi connectivity index (χ2n) is 9.99. The van der Waals surface area contributed by atoms with Crippen LogP contribution >= 0.6 is 0 Å². The second-order valence-corrected chi connectivity index (χ2v) is 9.99. The molecule has 0 unspecified atom stereocenters. The van der Waals surface area contributed by atoms with E-state index in [0.717, 1.165) is 42.4 Å². The number of carbonyl (C=O) groups excluding carboxylic acids is 2. The van der Waals surface area contributed by atoms with E-state index in [4.69, 9.17) is 9.47 Å². The molecule has 4 nitrogen and oxygen atoms in total. The molecule has 0 atom stereocenters. The minimum atomic E-state index is -0.629. The molecule has 1 saturated heterocycles. The molecule has 164 valence electrons. The van der Waals surface area contributed by atoms with Crippen molar-refractivity contribution in [2.75, 3.05) is 13.2 Å². The van der Waals surface area contributed by atoms with Crippen LogP contribution in [0.4, 0.5) is 0 Å². The van der Waals surface area contributed by atoms with Crippen LogP contribution in [0.3, 0.4) is 0 Å². The number of hydrogen-bond donors (Lipinski definition) is 0. The van der Waals surface area contributed by atoms with Crippen molar-refractivity contribution in [3.8, 4) is 0 Å². The molecule has 1 fully saturated rings. The summed E-state index contributed by atoms with van der Waals surface area (Å²) in [6.45, 7) is 13.2. The van der Waals surface area contributed by atoms with Gasteiger partial charge >= 0.3 is 5.97 Å². The molecule has 1 aliphatic carbocycles. The van der Waals surface area contributed by atoms with Crippen LogP contribution in [0.15, 0.2) is 17.9 Å². The quantitative estimate of drug-likeness (QED) is 0.606. The monoisotopic (exact) mass is 412 g/mol. The summed E-state index contributed by atoms with van der Waals surface area (Å²) in [6, 6.07) is 4.33. The SMILES string of the molecule is CCc1cc(C)cc(CC)c1C1=C(OC(=O)C(C)(C)C)CC2(CCOCC2)CC1=O. The molecule has 1 aromatic rings. The zero-order chi connectivity index (χ0) is 22.1. The van der Waals surface area contributed by atoms with E-state index in [-0.39, 0.29) is 17.2 Å². The normalized spacial score (nSPS) is 19.3. The lowest BCUT2D eigenvalue weighted by Crippen LogP contribution is -2.37. The van der Waals surface area contributed by atoms with Crippen molar-refractivity contribution >= 4 is 17.3 Å². The molecule has 1 spiro atoms. The molecule has 0 amide bonds. The maximum absolute atomic E-state index is 13.6. The smallest absolute Gasteiger partial charge is 0.316 e. The third kappa shape index (κ3) is 4.54. The molecule has 30 heavy (non-hydrogen) atoms. The van der Waals surface area contributed by atoms with Crippen LogP contribution in [0.2, 0.25) is 0 Å². The summed E-state index contributed by atoms with van der Waals surface area (Å²) in [5.74, 6) is 0.393. The Morgan fingerprint density at radius 2 is 1.63 bits per heavy atom. The van der Waals surface area contributed by atoms with Crippen LogP contribution in [-0.4, -0.2) is 25.0 Å². The molecular weight excluding hydrogens is 376 g/mol. The van der Waals surface area contributed by atoms with Crippen LogP contribution in [0.5, 0.6) is 0 Å². The number of hydrogen-bond acceptors (Lipinski definition) is 4. The molecule has 1 aromatic carbocycles. The molecule has 2 aliphatic rings. The molecule has 0 aromatic heterocycles. The predicted octanol–water partition coefficient (Wildman–Crippen LogP) is 5.58. The largest absolute Gasteiger partial charge is 0.430 e. The highest BCUT2D eigenvalue weighted by Crippen LogP contribution is 2.48. The first kappa shape index (κ1) is 22.7. The Labute approximate surface area is 181 Å². The van der Waals surface area contributed by atoms with Crippen molar-refractivity contribution in [2.24, 2.45) is 10.8 Å². The molecule has 1 aliphatic heterocycles. The van der Waals surface area contributed by atoms with E-state index < -0.39 is 5.41 Å². The van der Waals surface area contributed by atoms with Crippen molar-refractivity contribution in [1.29, 1.82) is 0 Å². The van der Waals surface area contributed by atoms with Crippen molar-refractivity contribution in [1.82, 2.24) is 0 Å². The molecule has 0 saturated carbocycles. The summed E-state index contributed by atoms with van der Waals surface area (Å²) in [7, 11) is 0. The number of allylic oxidation sites excluding steroid dienone is 2. The topological polar surface area (TPSA) is 52.6 Å². The van der Waals surface area contributed by atoms with Crippen LogP contribution in [0.25, 0.3) is 5.57 Å². The van der Waals surface area contributed by atoms with E-state index in [1.165, 1.54) is 5.56 Å². The number of rotatable bonds is 4. The Balaban J connectivity index is 2.19. The first-order valence-electron chi connectivity index (χ1n) is 11.3. The van der Waals surface area contributed by atoms with Gasteiger partial charge in [-0.1, -0.05) is 31.5 Å². The zero-order valence-corrected chi connectivity index (χ0v) is 19.4. The van der Waals surface area contributed by atoms with Crippen LogP contribution in [-0.2, 0) is 31.9 Å². The third-order valence-electron chi connectivity index (χ3n) is 6.47. The molecular formula is C26H36O4. The Hall–Kier alpha value is -1.94. The minimum Gasteiger partial charge on any atom is -0.430 e. The maximum Gasteiger partial charge on any atom is 0.316 e. The first-order chi connectivity index (χ1) is 14.1. The summed E-state index contributed by atoms with van der Waals surface area (Å²) < 4.78 is 11.6. The number of carbonyl (C=O) groups is 2. The number of benzene rings is 1. The van der Waals surface area contributed by atoms with E-state index in [2.05, 4.69) is 32.9 Å². The number of ketones is 1. The summed E-state index contributed by atoms with van der Waals surface area (Å²) in [5.41, 5.74) is 4.36. The highest BCUT2D eigenvalue weighted by molar-refractivity contribution is 6.23. The van der Waals surface area contributed by atoms with Gasteiger partial charge in [-0.25, -0.2) is 0 Å². The average molecular weight is 413 g/mol. The first-order valence-corrected chi connectivity index (χ1v) is 11.3. The minimum absolute atomic E-state index is 0.105. The van der Waals surface area contributed by atoms with E-state index >= 15 is 0 Å². The number of esters is 1. The Kier molecular flexibility index (Phi) is 6.57. The Morgan fingerprint density at radius 1 is 1.07 bits per heavy atom. The second kappa shape index (κ2) is 8.66. The van der Waals surface area contributed by atoms with E-state index in [1.807, 2.05) is 20.8 Å². The fourth-order valence-corrected chi connectivity index (χ4v) is 4.69. The summed E-state index contributed by atoms with van der Waals surface area (Å²) in [4.78, 5) is 26.5. The number of aryl methyl sites for hydroxylation is 3. The van der Waals surface area contributed by atoms with Crippen molar-refractivity contribution in [3.05, 3.63) is 40.1 Å². The average Bonchev–Trinajstić information content (AvgIpc) is 2.67. The molecule has 0 bridgehead atoms. The molecule has 3 rings (SSSR count). The van der Waals surface area contributed by atoms with E-state index in [9.17, 15) is 9.59 Å². The number of Topliss-reactive ketones (excluding diaryl/α,β-unsaturated/α-hetero) is 1. The fourth-order valence-electron chi connectivity index (χ4n) is 4.69. The summed E-state index contributed by atoms with van der Waals surface area (Å²) in [5, 5.41) is 0. The summed E-state index contributed by atoms with van der Waals surface area (Å²) >= 11 is 0. The van der Waals surface area contributed by atoms with Gasteiger partial charge in [0.05, 0.1) is 11.0 Å². The van der Waals surface area contributed by atoms with Gasteiger partial charge in [0.2, 0.25) is 0 Å². The van der Waals surface area contributed by atoms with Gasteiger partial charge in [-0.2, -0.15) is 0 Å². The van der Waals surface area contributed by atoms with E-state index in [1.54, 1.807) is 0 Å². The Morgan fingerprint density at radius 3 is 2.13 bits per heavy atom. The molecule has 0 radical (unpaired) electrons. The molecule has 1 heterocycles. The van der Waals surface area contributed by atoms with Crippen LogP contribution in [0.1, 0.15) is 82.6 Å². The predicted molar refractivity (Wildman–Crippen MR) is 119 cm³/mol. The van der Waals surface area contributed by atoms with Crippen molar-refractivity contribution in [3.63, 3.8) is 0 Å². The van der Waals surface area contributed by atoms with Gasteiger partial charge in [-0.05, 0) is 75.5 Å². The van der Waals surface area contributed by atoms with Crippen LogP contribution in [0, 0.1) is 17.8 Å². The van der Waals surface area contributed by atoms with Gasteiger partial charge in [0.15, 0.2) is 5.78 Å². The lowest BCUT2D eigenvalue weighted by molar-refractivity contribution is -0.149. The van der Waals surface area contributed by atoms with Gasteiger partial charge in [0.25, 0.3) is 0 Å².